The minimum atomic E-state index is 0.426. The van der Waals surface area contributed by atoms with Gasteiger partial charge in [-0.15, -0.1) is 0 Å². The molecule has 3 fully saturated rings. The van der Waals surface area contributed by atoms with Crippen molar-refractivity contribution in [2.24, 2.45) is 11.8 Å². The van der Waals surface area contributed by atoms with Crippen molar-refractivity contribution in [1.82, 2.24) is 4.90 Å². The largest absolute Gasteiger partial charge is 0.373 e. The maximum Gasteiger partial charge on any atom is 0.0678 e. The smallest absolute Gasteiger partial charge is 0.0678 e. The Kier molecular flexibility index (Phi) is 5.04. The maximum absolute atomic E-state index is 5.88. The topological polar surface area (TPSA) is 12.5 Å². The summed E-state index contributed by atoms with van der Waals surface area (Å²) in [6.45, 7) is 6.78. The fourth-order valence-electron chi connectivity index (χ4n) is 5.06. The van der Waals surface area contributed by atoms with Crippen LogP contribution in [0.3, 0.4) is 0 Å². The van der Waals surface area contributed by atoms with E-state index in [1.54, 1.807) is 0 Å². The standard InChI is InChI=1S/C18H33NO/c1-14-12-19(13-15(2)20-14)18-10-8-17(9-11-18)16-6-4-3-5-7-16/h14-18H,3-13H2,1-2H3. The predicted octanol–water partition coefficient (Wildman–Crippen LogP) is 4.23. The Labute approximate surface area is 125 Å². The van der Waals surface area contributed by atoms with E-state index in [4.69, 9.17) is 4.74 Å². The van der Waals surface area contributed by atoms with E-state index in [1.165, 1.54) is 57.8 Å². The Hall–Kier alpha value is -0.0800. The molecule has 1 aliphatic heterocycles. The van der Waals surface area contributed by atoms with Gasteiger partial charge in [0.05, 0.1) is 12.2 Å². The number of hydrogen-bond donors (Lipinski definition) is 0. The molecule has 3 rings (SSSR count). The lowest BCUT2D eigenvalue weighted by Crippen LogP contribution is -2.51. The summed E-state index contributed by atoms with van der Waals surface area (Å²) in [5, 5.41) is 0. The first-order valence-corrected chi connectivity index (χ1v) is 9.12. The summed E-state index contributed by atoms with van der Waals surface area (Å²) >= 11 is 0. The summed E-state index contributed by atoms with van der Waals surface area (Å²) in [6.07, 6.45) is 14.3. The molecule has 20 heavy (non-hydrogen) atoms. The third kappa shape index (κ3) is 3.57. The molecule has 0 amide bonds. The van der Waals surface area contributed by atoms with Crippen LogP contribution >= 0.6 is 0 Å². The molecule has 1 heterocycles. The Morgan fingerprint density at radius 1 is 0.700 bits per heavy atom. The summed E-state index contributed by atoms with van der Waals surface area (Å²) in [5.74, 6) is 2.13. The molecular weight excluding hydrogens is 246 g/mol. The number of nitrogens with zero attached hydrogens (tertiary/aromatic N) is 1. The van der Waals surface area contributed by atoms with Crippen LogP contribution in [-0.2, 0) is 4.74 Å². The third-order valence-corrected chi connectivity index (χ3v) is 6.02. The number of hydrogen-bond acceptors (Lipinski definition) is 2. The second kappa shape index (κ2) is 6.79. The van der Waals surface area contributed by atoms with E-state index < -0.39 is 0 Å². The van der Waals surface area contributed by atoms with Gasteiger partial charge in [-0.25, -0.2) is 0 Å². The molecule has 0 aromatic carbocycles. The Morgan fingerprint density at radius 3 is 1.85 bits per heavy atom. The molecule has 1 saturated heterocycles. The molecule has 0 N–H and O–H groups in total. The van der Waals surface area contributed by atoms with E-state index in [2.05, 4.69) is 18.7 Å². The second-order valence-electron chi connectivity index (χ2n) is 7.68. The highest BCUT2D eigenvalue weighted by atomic mass is 16.5. The predicted molar refractivity (Wildman–Crippen MR) is 83.9 cm³/mol. The second-order valence-corrected chi connectivity index (χ2v) is 7.68. The maximum atomic E-state index is 5.88. The van der Waals surface area contributed by atoms with Crippen molar-refractivity contribution >= 4 is 0 Å². The highest BCUT2D eigenvalue weighted by Crippen LogP contribution is 2.39. The quantitative estimate of drug-likeness (QED) is 0.750. The van der Waals surface area contributed by atoms with Crippen LogP contribution in [0.25, 0.3) is 0 Å². The van der Waals surface area contributed by atoms with Gasteiger partial charge in [-0.05, 0) is 51.4 Å². The van der Waals surface area contributed by atoms with E-state index >= 15 is 0 Å². The fourth-order valence-corrected chi connectivity index (χ4v) is 5.06. The van der Waals surface area contributed by atoms with Crippen molar-refractivity contribution < 1.29 is 4.74 Å². The molecule has 2 unspecified atom stereocenters. The molecule has 116 valence electrons. The van der Waals surface area contributed by atoms with E-state index in [1.807, 2.05) is 0 Å². The zero-order chi connectivity index (χ0) is 13.9. The first kappa shape index (κ1) is 14.8. The molecule has 0 bridgehead atoms. The molecule has 2 nitrogen and oxygen atoms in total. The molecule has 3 aliphatic rings. The monoisotopic (exact) mass is 279 g/mol. The number of ether oxygens (including phenoxy) is 1. The summed E-state index contributed by atoms with van der Waals surface area (Å²) in [6, 6.07) is 0.851. The Bertz CT molecular complexity index is 282. The van der Waals surface area contributed by atoms with Gasteiger partial charge in [0.15, 0.2) is 0 Å². The van der Waals surface area contributed by atoms with Gasteiger partial charge in [0.25, 0.3) is 0 Å². The van der Waals surface area contributed by atoms with Crippen LogP contribution < -0.4 is 0 Å². The van der Waals surface area contributed by atoms with E-state index in [-0.39, 0.29) is 0 Å². The van der Waals surface area contributed by atoms with Gasteiger partial charge in [-0.2, -0.15) is 0 Å². The molecule has 2 heteroatoms. The minimum absolute atomic E-state index is 0.426. The van der Waals surface area contributed by atoms with Crippen LogP contribution in [-0.4, -0.2) is 36.2 Å². The van der Waals surface area contributed by atoms with E-state index in [9.17, 15) is 0 Å². The van der Waals surface area contributed by atoms with Crippen LogP contribution in [0.15, 0.2) is 0 Å². The van der Waals surface area contributed by atoms with Gasteiger partial charge in [-0.3, -0.25) is 4.90 Å². The van der Waals surface area contributed by atoms with Gasteiger partial charge in [0.2, 0.25) is 0 Å². The van der Waals surface area contributed by atoms with Crippen LogP contribution in [0.1, 0.15) is 71.6 Å². The molecule has 0 aromatic heterocycles. The summed E-state index contributed by atoms with van der Waals surface area (Å²) in [5.41, 5.74) is 0. The zero-order valence-corrected chi connectivity index (χ0v) is 13.5. The SMILES string of the molecule is CC1CN(C2CCC(C3CCCCC3)CC2)CC(C)O1. The molecule has 2 saturated carbocycles. The molecule has 2 aliphatic carbocycles. The first-order chi connectivity index (χ1) is 9.72. The van der Waals surface area contributed by atoms with Crippen molar-refractivity contribution in [3.8, 4) is 0 Å². The van der Waals surface area contributed by atoms with Gasteiger partial charge >= 0.3 is 0 Å². The molecule has 0 radical (unpaired) electrons. The minimum Gasteiger partial charge on any atom is -0.373 e. The van der Waals surface area contributed by atoms with E-state index in [0.29, 0.717) is 12.2 Å². The van der Waals surface area contributed by atoms with Crippen molar-refractivity contribution in [3.05, 3.63) is 0 Å². The summed E-state index contributed by atoms with van der Waals surface area (Å²) in [4.78, 5) is 2.73. The van der Waals surface area contributed by atoms with Crippen molar-refractivity contribution in [2.45, 2.75) is 89.9 Å². The third-order valence-electron chi connectivity index (χ3n) is 6.02. The number of rotatable bonds is 2. The Balaban J connectivity index is 1.48. The zero-order valence-electron chi connectivity index (χ0n) is 13.5. The summed E-state index contributed by atoms with van der Waals surface area (Å²) in [7, 11) is 0. The average molecular weight is 279 g/mol. The van der Waals surface area contributed by atoms with Crippen molar-refractivity contribution in [1.29, 1.82) is 0 Å². The number of morpholine rings is 1. The lowest BCUT2D eigenvalue weighted by Gasteiger charge is -2.44. The first-order valence-electron chi connectivity index (χ1n) is 9.12. The van der Waals surface area contributed by atoms with Crippen molar-refractivity contribution in [2.75, 3.05) is 13.1 Å². The van der Waals surface area contributed by atoms with Crippen LogP contribution in [0.4, 0.5) is 0 Å². The highest BCUT2D eigenvalue weighted by molar-refractivity contribution is 4.86. The molecule has 0 aromatic rings. The van der Waals surface area contributed by atoms with Gasteiger partial charge in [-0.1, -0.05) is 32.1 Å². The fraction of sp³-hybridized carbons (Fsp3) is 1.00. The lowest BCUT2D eigenvalue weighted by molar-refractivity contribution is -0.0862. The molecule has 0 spiro atoms. The normalized spacial score (nSPS) is 41.7. The lowest BCUT2D eigenvalue weighted by atomic mass is 9.72. The van der Waals surface area contributed by atoms with Gasteiger partial charge in [0, 0.05) is 19.1 Å². The van der Waals surface area contributed by atoms with Crippen LogP contribution in [0.2, 0.25) is 0 Å². The van der Waals surface area contributed by atoms with Gasteiger partial charge in [0.1, 0.15) is 0 Å². The van der Waals surface area contributed by atoms with Gasteiger partial charge < -0.3 is 4.74 Å². The van der Waals surface area contributed by atoms with Crippen LogP contribution in [0, 0.1) is 11.8 Å². The summed E-state index contributed by atoms with van der Waals surface area (Å²) < 4.78 is 5.88. The average Bonchev–Trinajstić information content (AvgIpc) is 2.47. The molecule has 2 atom stereocenters. The highest BCUT2D eigenvalue weighted by Gasteiger charge is 2.33. The van der Waals surface area contributed by atoms with Crippen molar-refractivity contribution in [3.63, 3.8) is 0 Å². The molecular formula is C18H33NO. The van der Waals surface area contributed by atoms with E-state index in [0.717, 1.165) is 31.0 Å². The Morgan fingerprint density at radius 2 is 1.25 bits per heavy atom. The van der Waals surface area contributed by atoms with Crippen LogP contribution in [0.5, 0.6) is 0 Å².